The van der Waals surface area contributed by atoms with Gasteiger partial charge in [-0.2, -0.15) is 5.10 Å². The van der Waals surface area contributed by atoms with Crippen molar-refractivity contribution in [3.8, 4) is 11.7 Å². The number of nitrogens with zero attached hydrogens (tertiary/aromatic N) is 7. The second-order valence-electron chi connectivity index (χ2n) is 8.21. The molecule has 2 fully saturated rings. The largest absolute Gasteiger partial charge is 0.480 e. The first-order chi connectivity index (χ1) is 15.6. The number of aromatic nitrogens is 4. The number of methoxy groups -OCH3 is 1. The predicted octanol–water partition coefficient (Wildman–Crippen LogP) is 1.00. The van der Waals surface area contributed by atoms with Gasteiger partial charge in [-0.1, -0.05) is 6.92 Å². The Morgan fingerprint density at radius 1 is 0.969 bits per heavy atom. The van der Waals surface area contributed by atoms with E-state index in [-0.39, 0.29) is 11.8 Å². The van der Waals surface area contributed by atoms with Gasteiger partial charge >= 0.3 is 0 Å². The number of likely N-dealkylation sites (tertiary alicyclic amines) is 1. The van der Waals surface area contributed by atoms with Crippen molar-refractivity contribution in [1.82, 2.24) is 34.7 Å². The Hall–Kier alpha value is -3.01. The Kier molecular flexibility index (Phi) is 6.99. The van der Waals surface area contributed by atoms with Crippen molar-refractivity contribution in [2.45, 2.75) is 32.6 Å². The van der Waals surface area contributed by atoms with Crippen molar-refractivity contribution in [1.29, 1.82) is 0 Å². The highest BCUT2D eigenvalue weighted by Gasteiger charge is 2.28. The van der Waals surface area contributed by atoms with Crippen LogP contribution in [-0.2, 0) is 11.2 Å². The predicted molar refractivity (Wildman–Crippen MR) is 118 cm³/mol. The van der Waals surface area contributed by atoms with Crippen LogP contribution in [-0.4, -0.2) is 99.4 Å². The summed E-state index contributed by atoms with van der Waals surface area (Å²) in [5.74, 6) is 1.14. The quantitative estimate of drug-likeness (QED) is 0.660. The van der Waals surface area contributed by atoms with Crippen LogP contribution in [0.1, 0.15) is 42.2 Å². The van der Waals surface area contributed by atoms with Gasteiger partial charge in [-0.05, 0) is 31.7 Å². The van der Waals surface area contributed by atoms with E-state index >= 15 is 0 Å². The number of piperazine rings is 1. The fourth-order valence-electron chi connectivity index (χ4n) is 4.34. The fourth-order valence-corrected chi connectivity index (χ4v) is 4.34. The van der Waals surface area contributed by atoms with Crippen molar-refractivity contribution in [2.75, 3.05) is 52.9 Å². The molecule has 0 radical (unpaired) electrons. The summed E-state index contributed by atoms with van der Waals surface area (Å²) in [5.41, 5.74) is 1.39. The summed E-state index contributed by atoms with van der Waals surface area (Å²) in [4.78, 5) is 31.7. The summed E-state index contributed by atoms with van der Waals surface area (Å²) in [5, 5.41) is 12.5. The Bertz CT molecular complexity index is 930. The number of ether oxygens (including phenoxy) is 1. The van der Waals surface area contributed by atoms with Crippen LogP contribution in [0.15, 0.2) is 18.3 Å². The van der Waals surface area contributed by atoms with Crippen LogP contribution < -0.4 is 4.74 Å². The second-order valence-corrected chi connectivity index (χ2v) is 8.21. The van der Waals surface area contributed by atoms with Gasteiger partial charge in [-0.15, -0.1) is 10.2 Å². The molecule has 2 saturated heterocycles. The molecule has 10 nitrogen and oxygen atoms in total. The zero-order chi connectivity index (χ0) is 22.5. The van der Waals surface area contributed by atoms with Crippen LogP contribution >= 0.6 is 0 Å². The van der Waals surface area contributed by atoms with Gasteiger partial charge in [0.05, 0.1) is 31.1 Å². The highest BCUT2D eigenvalue weighted by molar-refractivity contribution is 5.95. The standard InChI is InChI=1S/C22H31N7O3/c1-3-18-17(15-23-29(18)19-7-8-20(32-2)25-24-19)22(31)28-13-11-26(12-14-28)16-21(30)27-9-5-4-6-10-27/h7-8,15H,3-6,9-14,16H2,1-2H3. The van der Waals surface area contributed by atoms with E-state index in [2.05, 4.69) is 20.2 Å². The van der Waals surface area contributed by atoms with E-state index < -0.39 is 0 Å². The first-order valence-corrected chi connectivity index (χ1v) is 11.3. The van der Waals surface area contributed by atoms with Crippen LogP contribution in [0.2, 0.25) is 0 Å². The number of piperidine rings is 1. The van der Waals surface area contributed by atoms with E-state index in [1.165, 1.54) is 13.5 Å². The van der Waals surface area contributed by atoms with E-state index in [1.54, 1.807) is 23.0 Å². The number of rotatable bonds is 6. The summed E-state index contributed by atoms with van der Waals surface area (Å²) in [6, 6.07) is 3.49. The molecular formula is C22H31N7O3. The molecule has 2 aliphatic heterocycles. The van der Waals surface area contributed by atoms with Gasteiger partial charge in [0.25, 0.3) is 5.91 Å². The summed E-state index contributed by atoms with van der Waals surface area (Å²) in [6.07, 6.45) is 5.66. The lowest BCUT2D eigenvalue weighted by atomic mass is 10.1. The van der Waals surface area contributed by atoms with Crippen molar-refractivity contribution in [3.05, 3.63) is 29.6 Å². The van der Waals surface area contributed by atoms with Crippen LogP contribution in [0.3, 0.4) is 0 Å². The number of amides is 2. The molecule has 2 aromatic heterocycles. The summed E-state index contributed by atoms with van der Waals surface area (Å²) in [6.45, 7) is 6.78. The lowest BCUT2D eigenvalue weighted by Gasteiger charge is -2.36. The van der Waals surface area contributed by atoms with Gasteiger partial charge in [-0.3, -0.25) is 14.5 Å². The highest BCUT2D eigenvalue weighted by Crippen LogP contribution is 2.18. The van der Waals surface area contributed by atoms with E-state index in [9.17, 15) is 9.59 Å². The smallest absolute Gasteiger partial charge is 0.257 e. The van der Waals surface area contributed by atoms with Crippen LogP contribution in [0, 0.1) is 0 Å². The molecule has 0 aliphatic carbocycles. The molecule has 4 rings (SSSR count). The van der Waals surface area contributed by atoms with Crippen molar-refractivity contribution in [2.24, 2.45) is 0 Å². The molecule has 172 valence electrons. The monoisotopic (exact) mass is 441 g/mol. The maximum atomic E-state index is 13.2. The summed E-state index contributed by atoms with van der Waals surface area (Å²) < 4.78 is 6.72. The Labute approximate surface area is 188 Å². The molecule has 2 amide bonds. The zero-order valence-corrected chi connectivity index (χ0v) is 18.9. The van der Waals surface area contributed by atoms with Crippen molar-refractivity contribution < 1.29 is 14.3 Å². The zero-order valence-electron chi connectivity index (χ0n) is 18.9. The molecule has 0 bridgehead atoms. The average Bonchev–Trinajstić information content (AvgIpc) is 3.28. The van der Waals surface area contributed by atoms with E-state index in [1.807, 2.05) is 16.7 Å². The topological polar surface area (TPSA) is 96.7 Å². The molecule has 0 spiro atoms. The lowest BCUT2D eigenvalue weighted by molar-refractivity contribution is -0.133. The summed E-state index contributed by atoms with van der Waals surface area (Å²) >= 11 is 0. The third-order valence-corrected chi connectivity index (χ3v) is 6.21. The third kappa shape index (κ3) is 4.74. The van der Waals surface area contributed by atoms with Gasteiger partial charge < -0.3 is 14.5 Å². The van der Waals surface area contributed by atoms with Gasteiger partial charge in [0.15, 0.2) is 5.82 Å². The molecule has 32 heavy (non-hydrogen) atoms. The minimum Gasteiger partial charge on any atom is -0.480 e. The normalized spacial score (nSPS) is 17.4. The maximum absolute atomic E-state index is 13.2. The molecule has 2 aliphatic rings. The molecule has 0 saturated carbocycles. The molecule has 0 N–H and O–H groups in total. The number of carbonyl (C=O) groups is 2. The maximum Gasteiger partial charge on any atom is 0.257 e. The minimum absolute atomic E-state index is 0.0309. The van der Waals surface area contributed by atoms with Gasteiger partial charge in [0, 0.05) is 45.3 Å². The average molecular weight is 442 g/mol. The van der Waals surface area contributed by atoms with Crippen LogP contribution in [0.5, 0.6) is 5.88 Å². The van der Waals surface area contributed by atoms with Crippen LogP contribution in [0.4, 0.5) is 0 Å². The number of hydrogen-bond donors (Lipinski definition) is 0. The Morgan fingerprint density at radius 3 is 2.34 bits per heavy atom. The number of hydrogen-bond acceptors (Lipinski definition) is 7. The van der Waals surface area contributed by atoms with E-state index in [0.29, 0.717) is 56.4 Å². The van der Waals surface area contributed by atoms with Gasteiger partial charge in [-0.25, -0.2) is 4.68 Å². The third-order valence-electron chi connectivity index (χ3n) is 6.21. The Morgan fingerprint density at radius 2 is 1.72 bits per heavy atom. The van der Waals surface area contributed by atoms with Gasteiger partial charge in [0.1, 0.15) is 0 Å². The fraction of sp³-hybridized carbons (Fsp3) is 0.591. The molecular weight excluding hydrogens is 410 g/mol. The number of carbonyl (C=O) groups excluding carboxylic acids is 2. The highest BCUT2D eigenvalue weighted by atomic mass is 16.5. The lowest BCUT2D eigenvalue weighted by Crippen LogP contribution is -2.52. The molecule has 0 unspecified atom stereocenters. The van der Waals surface area contributed by atoms with Crippen molar-refractivity contribution >= 4 is 11.8 Å². The molecule has 10 heteroatoms. The SMILES string of the molecule is CCc1c(C(=O)N2CCN(CC(=O)N3CCCCC3)CC2)cnn1-c1ccc(OC)nn1. The summed E-state index contributed by atoms with van der Waals surface area (Å²) in [7, 11) is 1.54. The minimum atomic E-state index is -0.0309. The first-order valence-electron chi connectivity index (χ1n) is 11.3. The second kappa shape index (κ2) is 10.1. The Balaban J connectivity index is 1.37. The van der Waals surface area contributed by atoms with Crippen molar-refractivity contribution in [3.63, 3.8) is 0 Å². The molecule has 2 aromatic rings. The molecule has 0 atom stereocenters. The van der Waals surface area contributed by atoms with E-state index in [0.717, 1.165) is 31.6 Å². The first kappa shape index (κ1) is 22.2. The van der Waals surface area contributed by atoms with E-state index in [4.69, 9.17) is 4.74 Å². The molecule has 0 aromatic carbocycles. The van der Waals surface area contributed by atoms with Crippen LogP contribution in [0.25, 0.3) is 5.82 Å². The van der Waals surface area contributed by atoms with Gasteiger partial charge in [0.2, 0.25) is 11.8 Å². The molecule has 4 heterocycles.